The smallest absolute Gasteiger partial charge is 0.191 e. The first-order valence-electron chi connectivity index (χ1n) is 7.92. The van der Waals surface area contributed by atoms with Gasteiger partial charge >= 0.3 is 0 Å². The molecule has 0 saturated heterocycles. The van der Waals surface area contributed by atoms with Crippen molar-refractivity contribution in [3.05, 3.63) is 29.8 Å². The maximum Gasteiger partial charge on any atom is 0.191 e. The first-order chi connectivity index (χ1) is 10.1. The second-order valence-electron chi connectivity index (χ2n) is 5.88. The molecular formula is C17H28N4. The minimum Gasteiger partial charge on any atom is -0.370 e. The van der Waals surface area contributed by atoms with Gasteiger partial charge in [0.15, 0.2) is 5.96 Å². The summed E-state index contributed by atoms with van der Waals surface area (Å²) in [5.74, 6) is 1.70. The molecule has 1 aliphatic carbocycles. The van der Waals surface area contributed by atoms with Gasteiger partial charge in [-0.3, -0.25) is 4.99 Å². The molecule has 1 saturated carbocycles. The van der Waals surface area contributed by atoms with Crippen LogP contribution in [0.1, 0.15) is 25.8 Å². The Bertz CT molecular complexity index is 483. The van der Waals surface area contributed by atoms with Gasteiger partial charge in [0.05, 0.1) is 0 Å². The van der Waals surface area contributed by atoms with E-state index in [1.54, 1.807) is 0 Å². The Hall–Kier alpha value is -1.71. The van der Waals surface area contributed by atoms with Crippen molar-refractivity contribution in [3.8, 4) is 0 Å². The lowest BCUT2D eigenvalue weighted by atomic mass is 10.2. The summed E-state index contributed by atoms with van der Waals surface area (Å²) in [6.07, 6.45) is 1.26. The molecule has 2 N–H and O–H groups in total. The SMILES string of the molecule is CCN(CCNC(=NC)NC1CC1C)c1cccc(C)c1. The number of anilines is 1. The zero-order valence-electron chi connectivity index (χ0n) is 13.7. The van der Waals surface area contributed by atoms with Crippen LogP contribution >= 0.6 is 0 Å². The molecule has 1 aliphatic rings. The van der Waals surface area contributed by atoms with Crippen molar-refractivity contribution in [3.63, 3.8) is 0 Å². The Labute approximate surface area is 128 Å². The summed E-state index contributed by atoms with van der Waals surface area (Å²) in [7, 11) is 1.83. The van der Waals surface area contributed by atoms with Gasteiger partial charge in [-0.2, -0.15) is 0 Å². The van der Waals surface area contributed by atoms with E-state index >= 15 is 0 Å². The predicted octanol–water partition coefficient (Wildman–Crippen LogP) is 2.39. The first-order valence-corrected chi connectivity index (χ1v) is 7.92. The van der Waals surface area contributed by atoms with Gasteiger partial charge in [0.1, 0.15) is 0 Å². The third-order valence-corrected chi connectivity index (χ3v) is 4.08. The van der Waals surface area contributed by atoms with Crippen LogP contribution < -0.4 is 15.5 Å². The summed E-state index contributed by atoms with van der Waals surface area (Å²) < 4.78 is 0. The molecule has 2 unspecified atom stereocenters. The summed E-state index contributed by atoms with van der Waals surface area (Å²) in [6.45, 7) is 9.47. The van der Waals surface area contributed by atoms with Crippen LogP contribution in [0.2, 0.25) is 0 Å². The quantitative estimate of drug-likeness (QED) is 0.624. The van der Waals surface area contributed by atoms with Crippen LogP contribution in [0.5, 0.6) is 0 Å². The van der Waals surface area contributed by atoms with Gasteiger partial charge in [-0.1, -0.05) is 19.1 Å². The fourth-order valence-electron chi connectivity index (χ4n) is 2.50. The second-order valence-corrected chi connectivity index (χ2v) is 5.88. The highest BCUT2D eigenvalue weighted by atomic mass is 15.2. The highest BCUT2D eigenvalue weighted by Gasteiger charge is 2.33. The van der Waals surface area contributed by atoms with Crippen LogP contribution in [0.3, 0.4) is 0 Å². The molecule has 2 rings (SSSR count). The van der Waals surface area contributed by atoms with E-state index in [2.05, 4.69) is 65.6 Å². The van der Waals surface area contributed by atoms with Gasteiger partial charge < -0.3 is 15.5 Å². The molecule has 116 valence electrons. The Balaban J connectivity index is 1.80. The minimum atomic E-state index is 0.607. The van der Waals surface area contributed by atoms with Crippen LogP contribution in [0.15, 0.2) is 29.3 Å². The number of aryl methyl sites for hydroxylation is 1. The van der Waals surface area contributed by atoms with E-state index in [4.69, 9.17) is 0 Å². The fraction of sp³-hybridized carbons (Fsp3) is 0.588. The molecule has 4 heteroatoms. The topological polar surface area (TPSA) is 39.7 Å². The lowest BCUT2D eigenvalue weighted by molar-refractivity contribution is 0.734. The highest BCUT2D eigenvalue weighted by Crippen LogP contribution is 2.28. The summed E-state index contributed by atoms with van der Waals surface area (Å²) in [5, 5.41) is 6.86. The third-order valence-electron chi connectivity index (χ3n) is 4.08. The Morgan fingerprint density at radius 1 is 1.43 bits per heavy atom. The molecule has 0 bridgehead atoms. The van der Waals surface area contributed by atoms with Crippen molar-refractivity contribution >= 4 is 11.6 Å². The molecule has 1 fully saturated rings. The molecule has 1 aromatic carbocycles. The third kappa shape index (κ3) is 4.66. The maximum absolute atomic E-state index is 4.29. The number of aliphatic imine (C=N–C) groups is 1. The average Bonchev–Trinajstić information content (AvgIpc) is 3.17. The summed E-state index contributed by atoms with van der Waals surface area (Å²) in [5.41, 5.74) is 2.59. The molecule has 2 atom stereocenters. The van der Waals surface area contributed by atoms with E-state index in [0.29, 0.717) is 6.04 Å². The van der Waals surface area contributed by atoms with Crippen molar-refractivity contribution < 1.29 is 0 Å². The zero-order valence-corrected chi connectivity index (χ0v) is 13.7. The lowest BCUT2D eigenvalue weighted by Crippen LogP contribution is -2.42. The van der Waals surface area contributed by atoms with Gasteiger partial charge in [0.2, 0.25) is 0 Å². The summed E-state index contributed by atoms with van der Waals surface area (Å²) in [4.78, 5) is 6.67. The number of hydrogen-bond acceptors (Lipinski definition) is 2. The largest absolute Gasteiger partial charge is 0.370 e. The average molecular weight is 288 g/mol. The van der Waals surface area contributed by atoms with E-state index in [9.17, 15) is 0 Å². The van der Waals surface area contributed by atoms with Crippen molar-refractivity contribution in [2.75, 3.05) is 31.6 Å². The van der Waals surface area contributed by atoms with Crippen LogP contribution in [-0.2, 0) is 0 Å². The molecule has 4 nitrogen and oxygen atoms in total. The summed E-state index contributed by atoms with van der Waals surface area (Å²) in [6, 6.07) is 9.28. The van der Waals surface area contributed by atoms with E-state index in [1.165, 1.54) is 17.7 Å². The number of rotatable bonds is 6. The number of likely N-dealkylation sites (N-methyl/N-ethyl adjacent to an activating group) is 1. The molecule has 0 amide bonds. The number of nitrogens with zero attached hydrogens (tertiary/aromatic N) is 2. The number of guanidine groups is 1. The number of hydrogen-bond donors (Lipinski definition) is 2. The monoisotopic (exact) mass is 288 g/mol. The Morgan fingerprint density at radius 3 is 2.76 bits per heavy atom. The van der Waals surface area contributed by atoms with Crippen LogP contribution in [-0.4, -0.2) is 38.7 Å². The molecule has 1 aromatic rings. The molecule has 21 heavy (non-hydrogen) atoms. The molecular weight excluding hydrogens is 260 g/mol. The summed E-state index contributed by atoms with van der Waals surface area (Å²) >= 11 is 0. The molecule has 0 aromatic heterocycles. The highest BCUT2D eigenvalue weighted by molar-refractivity contribution is 5.80. The molecule has 0 heterocycles. The van der Waals surface area contributed by atoms with E-state index < -0.39 is 0 Å². The maximum atomic E-state index is 4.29. The first kappa shape index (κ1) is 15.7. The van der Waals surface area contributed by atoms with Gasteiger partial charge in [-0.25, -0.2) is 0 Å². The van der Waals surface area contributed by atoms with Crippen molar-refractivity contribution in [2.24, 2.45) is 10.9 Å². The Kier molecular flexibility index (Phi) is 5.48. The zero-order chi connectivity index (χ0) is 15.2. The Morgan fingerprint density at radius 2 is 2.19 bits per heavy atom. The van der Waals surface area contributed by atoms with Crippen molar-refractivity contribution in [1.82, 2.24) is 10.6 Å². The molecule has 0 spiro atoms. The number of benzene rings is 1. The fourth-order valence-corrected chi connectivity index (χ4v) is 2.50. The lowest BCUT2D eigenvalue weighted by Gasteiger charge is -2.24. The van der Waals surface area contributed by atoms with E-state index in [0.717, 1.165) is 31.5 Å². The predicted molar refractivity (Wildman–Crippen MR) is 91.1 cm³/mol. The van der Waals surface area contributed by atoms with Gasteiger partial charge in [0, 0.05) is 38.4 Å². The number of nitrogens with one attached hydrogen (secondary N) is 2. The minimum absolute atomic E-state index is 0.607. The van der Waals surface area contributed by atoms with Crippen LogP contribution in [0.4, 0.5) is 5.69 Å². The normalized spacial score (nSPS) is 21.0. The second kappa shape index (κ2) is 7.34. The van der Waals surface area contributed by atoms with Gasteiger partial charge in [-0.15, -0.1) is 0 Å². The van der Waals surface area contributed by atoms with E-state index in [1.807, 2.05) is 7.05 Å². The van der Waals surface area contributed by atoms with Crippen molar-refractivity contribution in [1.29, 1.82) is 0 Å². The van der Waals surface area contributed by atoms with Gasteiger partial charge in [0.25, 0.3) is 0 Å². The molecule has 0 radical (unpaired) electrons. The van der Waals surface area contributed by atoms with Crippen molar-refractivity contribution in [2.45, 2.75) is 33.2 Å². The molecule has 0 aliphatic heterocycles. The van der Waals surface area contributed by atoms with Crippen LogP contribution in [0, 0.1) is 12.8 Å². The van der Waals surface area contributed by atoms with E-state index in [-0.39, 0.29) is 0 Å². The van der Waals surface area contributed by atoms with Crippen LogP contribution in [0.25, 0.3) is 0 Å². The standard InChI is InChI=1S/C17H28N4/c1-5-21(15-8-6-7-13(2)11-15)10-9-19-17(18-4)20-16-12-14(16)3/h6-8,11,14,16H,5,9-10,12H2,1-4H3,(H2,18,19,20). The van der Waals surface area contributed by atoms with Gasteiger partial charge in [-0.05, 0) is 43.9 Å².